The number of rotatable bonds is 4. The van der Waals surface area contributed by atoms with Gasteiger partial charge in [0.2, 0.25) is 0 Å². The molecule has 5 nitrogen and oxygen atoms in total. The number of carbonyl (C=O) groups is 3. The van der Waals surface area contributed by atoms with Gasteiger partial charge in [-0.3, -0.25) is 14.4 Å². The van der Waals surface area contributed by atoms with Crippen molar-refractivity contribution in [2.75, 3.05) is 0 Å². The van der Waals surface area contributed by atoms with Gasteiger partial charge in [0.25, 0.3) is 0 Å². The molecule has 0 aromatic heterocycles. The fourth-order valence-electron chi connectivity index (χ4n) is 4.07. The smallest absolute Gasteiger partial charge is 0.308 e. The Balaban J connectivity index is 1.88. The first-order chi connectivity index (χ1) is 14.4. The van der Waals surface area contributed by atoms with E-state index >= 15 is 0 Å². The molecule has 0 fully saturated rings. The van der Waals surface area contributed by atoms with Crippen LogP contribution in [0.4, 0.5) is 0 Å². The number of hydrogen-bond donors (Lipinski definition) is 0. The quantitative estimate of drug-likeness (QED) is 0.485. The van der Waals surface area contributed by atoms with Crippen molar-refractivity contribution in [3.63, 3.8) is 0 Å². The summed E-state index contributed by atoms with van der Waals surface area (Å²) in [5.41, 5.74) is 2.09. The van der Waals surface area contributed by atoms with Gasteiger partial charge in [-0.15, -0.1) is 0 Å². The van der Waals surface area contributed by atoms with Gasteiger partial charge in [0.1, 0.15) is 5.75 Å². The van der Waals surface area contributed by atoms with Gasteiger partial charge >= 0.3 is 11.9 Å². The van der Waals surface area contributed by atoms with E-state index in [1.807, 2.05) is 36.4 Å². The first-order valence-electron chi connectivity index (χ1n) is 9.61. The van der Waals surface area contributed by atoms with Gasteiger partial charge in [0.05, 0.1) is 0 Å². The second-order valence-corrected chi connectivity index (χ2v) is 7.26. The van der Waals surface area contributed by atoms with Crippen molar-refractivity contribution in [1.82, 2.24) is 0 Å². The predicted octanol–water partition coefficient (Wildman–Crippen LogP) is 4.21. The third-order valence-corrected chi connectivity index (χ3v) is 5.17. The van der Waals surface area contributed by atoms with Gasteiger partial charge in [-0.2, -0.15) is 0 Å². The molecule has 30 heavy (non-hydrogen) atoms. The fraction of sp³-hybridized carbons (Fsp3) is 0.160. The maximum atomic E-state index is 13.1. The van der Waals surface area contributed by atoms with Gasteiger partial charge in [0, 0.05) is 42.5 Å². The normalized spacial score (nSPS) is 13.7. The predicted molar refractivity (Wildman–Crippen MR) is 110 cm³/mol. The van der Waals surface area contributed by atoms with Gasteiger partial charge in [-0.1, -0.05) is 60.7 Å². The van der Waals surface area contributed by atoms with Crippen LogP contribution in [-0.2, 0) is 26.3 Å². The highest BCUT2D eigenvalue weighted by Crippen LogP contribution is 2.45. The largest absolute Gasteiger partial charge is 0.449 e. The molecule has 0 heterocycles. The summed E-state index contributed by atoms with van der Waals surface area (Å²) in [4.78, 5) is 36.5. The second kappa shape index (κ2) is 7.59. The highest BCUT2D eigenvalue weighted by molar-refractivity contribution is 6.13. The Kier molecular flexibility index (Phi) is 4.96. The summed E-state index contributed by atoms with van der Waals surface area (Å²) < 4.78 is 11.1. The molecule has 5 heteroatoms. The third kappa shape index (κ3) is 3.39. The Bertz CT molecular complexity index is 1090. The Morgan fingerprint density at radius 2 is 1.30 bits per heavy atom. The van der Waals surface area contributed by atoms with Gasteiger partial charge in [-0.05, 0) is 17.7 Å². The summed E-state index contributed by atoms with van der Waals surface area (Å²) in [6, 6.07) is 21.5. The van der Waals surface area contributed by atoms with Crippen LogP contribution in [0.5, 0.6) is 5.75 Å². The van der Waals surface area contributed by atoms with E-state index in [1.54, 1.807) is 36.4 Å². The first-order valence-corrected chi connectivity index (χ1v) is 9.61. The number of ether oxygens (including phenoxy) is 2. The topological polar surface area (TPSA) is 69.7 Å². The molecule has 3 aromatic rings. The molecule has 4 rings (SSSR count). The van der Waals surface area contributed by atoms with E-state index in [-0.39, 0.29) is 5.78 Å². The van der Waals surface area contributed by atoms with Crippen LogP contribution in [0.3, 0.4) is 0 Å². The molecule has 0 radical (unpaired) electrons. The van der Waals surface area contributed by atoms with E-state index in [2.05, 4.69) is 0 Å². The summed E-state index contributed by atoms with van der Waals surface area (Å²) >= 11 is 0. The number of fused-ring (bicyclic) bond motifs is 2. The molecule has 0 unspecified atom stereocenters. The average molecular weight is 400 g/mol. The van der Waals surface area contributed by atoms with Gasteiger partial charge in [0.15, 0.2) is 11.4 Å². The number of hydrogen-bond acceptors (Lipinski definition) is 5. The maximum Gasteiger partial charge on any atom is 0.308 e. The van der Waals surface area contributed by atoms with Crippen molar-refractivity contribution in [3.05, 3.63) is 101 Å². The van der Waals surface area contributed by atoms with Crippen LogP contribution in [-0.4, -0.2) is 17.7 Å². The van der Waals surface area contributed by atoms with Crippen molar-refractivity contribution in [3.8, 4) is 5.75 Å². The molecule has 150 valence electrons. The molecule has 0 N–H and O–H groups in total. The summed E-state index contributed by atoms with van der Waals surface area (Å²) in [5, 5.41) is 0. The Morgan fingerprint density at radius 3 is 1.80 bits per heavy atom. The molecule has 0 atom stereocenters. The van der Waals surface area contributed by atoms with Crippen LogP contribution in [0.2, 0.25) is 0 Å². The molecule has 0 aliphatic heterocycles. The molecule has 0 bridgehead atoms. The summed E-state index contributed by atoms with van der Waals surface area (Å²) in [6.45, 7) is 2.71. The van der Waals surface area contributed by atoms with Crippen LogP contribution in [0.25, 0.3) is 0 Å². The van der Waals surface area contributed by atoms with Crippen LogP contribution in [0, 0.1) is 0 Å². The molecule has 1 aliphatic rings. The standard InChI is InChI=1S/C25H20O5/c1-16(26)29-19-13-11-18(12-14-19)15-25(30-17(2)27)22-9-5-3-7-20(22)24(28)21-8-4-6-10-23(21)25/h3-14H,15H2,1-2H3. The number of benzene rings is 3. The first kappa shape index (κ1) is 19.6. The zero-order valence-corrected chi connectivity index (χ0v) is 16.7. The molecular formula is C25H20O5. The molecule has 0 amide bonds. The van der Waals surface area contributed by atoms with Crippen LogP contribution >= 0.6 is 0 Å². The minimum atomic E-state index is -1.14. The second-order valence-electron chi connectivity index (χ2n) is 7.26. The van der Waals surface area contributed by atoms with Crippen molar-refractivity contribution >= 4 is 17.7 Å². The SMILES string of the molecule is CC(=O)Oc1ccc(CC2(OC(C)=O)c3ccccc3C(=O)c3ccccc32)cc1. The molecule has 0 saturated carbocycles. The molecule has 0 spiro atoms. The Morgan fingerprint density at radius 1 is 0.767 bits per heavy atom. The summed E-state index contributed by atoms with van der Waals surface area (Å²) in [7, 11) is 0. The molecular weight excluding hydrogens is 380 g/mol. The lowest BCUT2D eigenvalue weighted by molar-refractivity contribution is -0.154. The minimum Gasteiger partial charge on any atom is -0.449 e. The monoisotopic (exact) mass is 400 g/mol. The van der Waals surface area contributed by atoms with Crippen molar-refractivity contribution in [2.45, 2.75) is 25.9 Å². The zero-order chi connectivity index (χ0) is 21.3. The van der Waals surface area contributed by atoms with Crippen molar-refractivity contribution in [2.24, 2.45) is 0 Å². The average Bonchev–Trinajstić information content (AvgIpc) is 2.73. The minimum absolute atomic E-state index is 0.0887. The maximum absolute atomic E-state index is 13.1. The van der Waals surface area contributed by atoms with Crippen LogP contribution in [0.1, 0.15) is 46.5 Å². The van der Waals surface area contributed by atoms with E-state index in [4.69, 9.17) is 9.47 Å². The Hall–Kier alpha value is -3.73. The summed E-state index contributed by atoms with van der Waals surface area (Å²) in [6.07, 6.45) is 0.328. The molecule has 0 saturated heterocycles. The van der Waals surface area contributed by atoms with Gasteiger partial charge < -0.3 is 9.47 Å². The van der Waals surface area contributed by atoms with E-state index in [0.29, 0.717) is 34.4 Å². The van der Waals surface area contributed by atoms with E-state index in [1.165, 1.54) is 13.8 Å². The van der Waals surface area contributed by atoms with Gasteiger partial charge in [-0.25, -0.2) is 0 Å². The fourth-order valence-corrected chi connectivity index (χ4v) is 4.07. The molecule has 1 aliphatic carbocycles. The number of carbonyl (C=O) groups excluding carboxylic acids is 3. The highest BCUT2D eigenvalue weighted by Gasteiger charge is 2.46. The zero-order valence-electron chi connectivity index (χ0n) is 16.7. The third-order valence-electron chi connectivity index (χ3n) is 5.17. The van der Waals surface area contributed by atoms with E-state index in [9.17, 15) is 14.4 Å². The van der Waals surface area contributed by atoms with Crippen LogP contribution < -0.4 is 4.74 Å². The van der Waals surface area contributed by atoms with Crippen LogP contribution in [0.15, 0.2) is 72.8 Å². The lowest BCUT2D eigenvalue weighted by atomic mass is 9.71. The molecule has 3 aromatic carbocycles. The van der Waals surface area contributed by atoms with E-state index in [0.717, 1.165) is 5.56 Å². The lowest BCUT2D eigenvalue weighted by Gasteiger charge is -2.39. The lowest BCUT2D eigenvalue weighted by Crippen LogP contribution is -2.41. The Labute approximate surface area is 174 Å². The number of ketones is 1. The van der Waals surface area contributed by atoms with Crippen molar-refractivity contribution in [1.29, 1.82) is 0 Å². The van der Waals surface area contributed by atoms with E-state index < -0.39 is 17.5 Å². The number of esters is 2. The summed E-state index contributed by atoms with van der Waals surface area (Å²) in [5.74, 6) is -0.486. The highest BCUT2D eigenvalue weighted by atomic mass is 16.6. The van der Waals surface area contributed by atoms with Crippen molar-refractivity contribution < 1.29 is 23.9 Å².